The van der Waals surface area contributed by atoms with Crippen molar-refractivity contribution >= 4 is 17.7 Å². The zero-order valence-electron chi connectivity index (χ0n) is 11.8. The number of thioether (sulfide) groups is 1. The summed E-state index contributed by atoms with van der Waals surface area (Å²) in [6.07, 6.45) is 0.802. The number of hydrogen-bond donors (Lipinski definition) is 1. The highest BCUT2D eigenvalue weighted by molar-refractivity contribution is 8.00. The van der Waals surface area contributed by atoms with Gasteiger partial charge >= 0.3 is 0 Å². The molecule has 0 aliphatic rings. The van der Waals surface area contributed by atoms with Gasteiger partial charge in [-0.3, -0.25) is 4.79 Å². The molecule has 0 saturated carbocycles. The lowest BCUT2D eigenvalue weighted by Crippen LogP contribution is -2.27. The smallest absolute Gasteiger partial charge is 0.230 e. The second-order valence-electron chi connectivity index (χ2n) is 4.47. The van der Waals surface area contributed by atoms with E-state index in [4.69, 9.17) is 4.74 Å². The van der Waals surface area contributed by atoms with E-state index in [2.05, 4.69) is 5.32 Å². The summed E-state index contributed by atoms with van der Waals surface area (Å²) in [4.78, 5) is 12.8. The molecule has 3 nitrogen and oxygen atoms in total. The molecule has 1 amide bonds. The van der Waals surface area contributed by atoms with Gasteiger partial charge in [0.25, 0.3) is 0 Å². The fourth-order valence-corrected chi connectivity index (χ4v) is 2.47. The summed E-state index contributed by atoms with van der Waals surface area (Å²) < 4.78 is 5.56. The van der Waals surface area contributed by atoms with E-state index in [1.165, 1.54) is 0 Å². The van der Waals surface area contributed by atoms with Crippen LogP contribution in [0.15, 0.2) is 65.6 Å². The number of nitrogens with one attached hydrogen (secondary N) is 1. The highest BCUT2D eigenvalue weighted by Gasteiger charge is 2.01. The SMILES string of the molecule is O=C(CSc1ccccc1)NCCCOc1ccccc1. The molecule has 2 aromatic carbocycles. The van der Waals surface area contributed by atoms with E-state index in [0.717, 1.165) is 17.1 Å². The van der Waals surface area contributed by atoms with Crippen LogP contribution in [0, 0.1) is 0 Å². The van der Waals surface area contributed by atoms with Crippen molar-refractivity contribution in [1.82, 2.24) is 5.32 Å². The Labute approximate surface area is 129 Å². The summed E-state index contributed by atoms with van der Waals surface area (Å²) in [6, 6.07) is 19.6. The Hall–Kier alpha value is -1.94. The highest BCUT2D eigenvalue weighted by atomic mass is 32.2. The normalized spacial score (nSPS) is 10.1. The maximum Gasteiger partial charge on any atom is 0.230 e. The lowest BCUT2D eigenvalue weighted by Gasteiger charge is -2.07. The molecule has 21 heavy (non-hydrogen) atoms. The molecule has 4 heteroatoms. The zero-order chi connectivity index (χ0) is 14.8. The molecule has 0 atom stereocenters. The van der Waals surface area contributed by atoms with Crippen LogP contribution in [0.5, 0.6) is 5.75 Å². The number of carbonyl (C=O) groups is 1. The number of rotatable bonds is 8. The molecule has 0 bridgehead atoms. The van der Waals surface area contributed by atoms with Gasteiger partial charge in [-0.2, -0.15) is 0 Å². The first-order chi connectivity index (χ1) is 10.3. The number of carbonyl (C=O) groups excluding carboxylic acids is 1. The average Bonchev–Trinajstić information content (AvgIpc) is 2.54. The summed E-state index contributed by atoms with van der Waals surface area (Å²) >= 11 is 1.55. The second-order valence-corrected chi connectivity index (χ2v) is 5.52. The maximum atomic E-state index is 11.7. The molecule has 0 spiro atoms. The molecule has 2 rings (SSSR count). The highest BCUT2D eigenvalue weighted by Crippen LogP contribution is 2.16. The minimum Gasteiger partial charge on any atom is -0.494 e. The summed E-state index contributed by atoms with van der Waals surface area (Å²) in [7, 11) is 0. The number of hydrogen-bond acceptors (Lipinski definition) is 3. The molecule has 0 fully saturated rings. The molecule has 0 unspecified atom stereocenters. The predicted molar refractivity (Wildman–Crippen MR) is 86.7 cm³/mol. The van der Waals surface area contributed by atoms with Gasteiger partial charge in [-0.15, -0.1) is 11.8 Å². The third kappa shape index (κ3) is 6.36. The lowest BCUT2D eigenvalue weighted by atomic mass is 10.3. The Kier molecular flexibility index (Phi) is 6.68. The second kappa shape index (κ2) is 9.08. The molecule has 0 aromatic heterocycles. The van der Waals surface area contributed by atoms with E-state index in [1.807, 2.05) is 60.7 Å². The van der Waals surface area contributed by atoms with Crippen LogP contribution in [0.4, 0.5) is 0 Å². The molecule has 0 radical (unpaired) electrons. The molecule has 0 aliphatic carbocycles. The van der Waals surface area contributed by atoms with Gasteiger partial charge in [0.2, 0.25) is 5.91 Å². The molecule has 0 aliphatic heterocycles. The van der Waals surface area contributed by atoms with Crippen LogP contribution in [0.1, 0.15) is 6.42 Å². The Morgan fingerprint density at radius 3 is 2.38 bits per heavy atom. The molecular weight excluding hydrogens is 282 g/mol. The molecule has 0 saturated heterocycles. The monoisotopic (exact) mass is 301 g/mol. The fourth-order valence-electron chi connectivity index (χ4n) is 1.72. The Morgan fingerprint density at radius 1 is 1.00 bits per heavy atom. The quantitative estimate of drug-likeness (QED) is 0.600. The first-order valence-electron chi connectivity index (χ1n) is 6.97. The molecule has 0 heterocycles. The molecular formula is C17H19NO2S. The minimum atomic E-state index is 0.0589. The van der Waals surface area contributed by atoms with E-state index in [1.54, 1.807) is 11.8 Å². The Balaban J connectivity index is 1.53. The number of amides is 1. The summed E-state index contributed by atoms with van der Waals surface area (Å²) in [5, 5.41) is 2.90. The zero-order valence-corrected chi connectivity index (χ0v) is 12.6. The summed E-state index contributed by atoms with van der Waals surface area (Å²) in [5.41, 5.74) is 0. The first kappa shape index (κ1) is 15.4. The van der Waals surface area contributed by atoms with Crippen molar-refractivity contribution in [2.75, 3.05) is 18.9 Å². The summed E-state index contributed by atoms with van der Waals surface area (Å²) in [6.45, 7) is 1.25. The fraction of sp³-hybridized carbons (Fsp3) is 0.235. The van der Waals surface area contributed by atoms with Crippen molar-refractivity contribution in [2.45, 2.75) is 11.3 Å². The van der Waals surface area contributed by atoms with Crippen molar-refractivity contribution in [1.29, 1.82) is 0 Å². The van der Waals surface area contributed by atoms with Gasteiger partial charge in [0, 0.05) is 11.4 Å². The van der Waals surface area contributed by atoms with Crippen molar-refractivity contribution in [3.05, 3.63) is 60.7 Å². The van der Waals surface area contributed by atoms with Crippen LogP contribution in [-0.4, -0.2) is 24.8 Å². The van der Waals surface area contributed by atoms with Gasteiger partial charge < -0.3 is 10.1 Å². The van der Waals surface area contributed by atoms with Crippen LogP contribution in [0.25, 0.3) is 0 Å². The van der Waals surface area contributed by atoms with Crippen LogP contribution in [0.2, 0.25) is 0 Å². The van der Waals surface area contributed by atoms with Crippen LogP contribution in [0.3, 0.4) is 0 Å². The van der Waals surface area contributed by atoms with Gasteiger partial charge in [0.1, 0.15) is 5.75 Å². The lowest BCUT2D eigenvalue weighted by molar-refractivity contribution is -0.118. The topological polar surface area (TPSA) is 38.3 Å². The van der Waals surface area contributed by atoms with E-state index in [-0.39, 0.29) is 5.91 Å². The Morgan fingerprint density at radius 2 is 1.67 bits per heavy atom. The van der Waals surface area contributed by atoms with Crippen molar-refractivity contribution in [2.24, 2.45) is 0 Å². The summed E-state index contributed by atoms with van der Waals surface area (Å²) in [5.74, 6) is 1.37. The first-order valence-corrected chi connectivity index (χ1v) is 7.95. The van der Waals surface area contributed by atoms with Gasteiger partial charge in [-0.05, 0) is 30.7 Å². The molecule has 2 aromatic rings. The van der Waals surface area contributed by atoms with Gasteiger partial charge in [0.15, 0.2) is 0 Å². The Bertz CT molecular complexity index is 531. The largest absolute Gasteiger partial charge is 0.494 e. The predicted octanol–water partition coefficient (Wildman–Crippen LogP) is 3.36. The van der Waals surface area contributed by atoms with E-state index >= 15 is 0 Å². The number of ether oxygens (including phenoxy) is 1. The average molecular weight is 301 g/mol. The van der Waals surface area contributed by atoms with Gasteiger partial charge in [-0.25, -0.2) is 0 Å². The third-order valence-electron chi connectivity index (χ3n) is 2.77. The number of para-hydroxylation sites is 1. The van der Waals surface area contributed by atoms with E-state index in [0.29, 0.717) is 18.9 Å². The van der Waals surface area contributed by atoms with Crippen molar-refractivity contribution < 1.29 is 9.53 Å². The number of benzene rings is 2. The van der Waals surface area contributed by atoms with E-state index < -0.39 is 0 Å². The van der Waals surface area contributed by atoms with E-state index in [9.17, 15) is 4.79 Å². The maximum absolute atomic E-state index is 11.7. The van der Waals surface area contributed by atoms with Crippen molar-refractivity contribution in [3.63, 3.8) is 0 Å². The van der Waals surface area contributed by atoms with Gasteiger partial charge in [0.05, 0.1) is 12.4 Å². The van der Waals surface area contributed by atoms with Crippen molar-refractivity contribution in [3.8, 4) is 5.75 Å². The third-order valence-corrected chi connectivity index (χ3v) is 3.78. The van der Waals surface area contributed by atoms with Crippen LogP contribution >= 0.6 is 11.8 Å². The van der Waals surface area contributed by atoms with Crippen LogP contribution in [-0.2, 0) is 4.79 Å². The minimum absolute atomic E-state index is 0.0589. The molecule has 1 N–H and O–H groups in total. The van der Waals surface area contributed by atoms with Crippen LogP contribution < -0.4 is 10.1 Å². The molecule has 110 valence electrons. The van der Waals surface area contributed by atoms with Gasteiger partial charge in [-0.1, -0.05) is 36.4 Å². The standard InChI is InChI=1S/C17H19NO2S/c19-17(14-21-16-10-5-2-6-11-16)18-12-7-13-20-15-8-3-1-4-9-15/h1-6,8-11H,7,12-14H2,(H,18,19).